The van der Waals surface area contributed by atoms with Gasteiger partial charge in [0.2, 0.25) is 0 Å². The molecule has 122 valence electrons. The highest BCUT2D eigenvalue weighted by Crippen LogP contribution is 2.38. The molecule has 0 spiro atoms. The molecule has 2 rings (SSSR count). The van der Waals surface area contributed by atoms with E-state index in [1.807, 2.05) is 20.8 Å². The van der Waals surface area contributed by atoms with Crippen LogP contribution in [0.4, 0.5) is 4.79 Å². The molecule has 2 N–H and O–H groups in total. The van der Waals surface area contributed by atoms with Crippen molar-refractivity contribution in [1.82, 2.24) is 10.6 Å². The molecule has 2 aliphatic carbocycles. The standard InChI is InChI=1S/C17H32N2O2/c1-16(2,3)21-15(20)19-13-9-8-12(11-13)18-14-7-6-10-17(14,4)5/h12-14,18H,6-11H2,1-5H3,(H,19,20). The average Bonchev–Trinajstić information content (AvgIpc) is 2.84. The minimum absolute atomic E-state index is 0.252. The van der Waals surface area contributed by atoms with Crippen LogP contribution in [0.25, 0.3) is 0 Å². The van der Waals surface area contributed by atoms with Crippen molar-refractivity contribution in [3.63, 3.8) is 0 Å². The SMILES string of the molecule is CC(C)(C)OC(=O)NC1CCC(NC2CCCC2(C)C)C1. The number of rotatable bonds is 3. The maximum Gasteiger partial charge on any atom is 0.407 e. The van der Waals surface area contributed by atoms with Gasteiger partial charge in [-0.25, -0.2) is 4.79 Å². The second-order valence-corrected chi connectivity index (χ2v) is 8.45. The second-order valence-electron chi connectivity index (χ2n) is 8.45. The van der Waals surface area contributed by atoms with Crippen molar-refractivity contribution in [2.45, 2.75) is 96.9 Å². The highest BCUT2D eigenvalue weighted by Gasteiger charge is 2.37. The van der Waals surface area contributed by atoms with Crippen molar-refractivity contribution in [3.8, 4) is 0 Å². The lowest BCUT2D eigenvalue weighted by atomic mass is 9.87. The zero-order valence-electron chi connectivity index (χ0n) is 14.3. The lowest BCUT2D eigenvalue weighted by Gasteiger charge is -2.31. The van der Waals surface area contributed by atoms with E-state index in [1.165, 1.54) is 19.3 Å². The summed E-state index contributed by atoms with van der Waals surface area (Å²) in [7, 11) is 0. The fourth-order valence-corrected chi connectivity index (χ4v) is 3.66. The first kappa shape index (κ1) is 16.6. The van der Waals surface area contributed by atoms with Gasteiger partial charge < -0.3 is 15.4 Å². The number of nitrogens with one attached hydrogen (secondary N) is 2. The van der Waals surface area contributed by atoms with E-state index in [0.717, 1.165) is 19.3 Å². The molecule has 0 radical (unpaired) electrons. The molecule has 3 unspecified atom stereocenters. The van der Waals surface area contributed by atoms with Crippen molar-refractivity contribution in [3.05, 3.63) is 0 Å². The average molecular weight is 296 g/mol. The van der Waals surface area contributed by atoms with E-state index in [9.17, 15) is 4.79 Å². The highest BCUT2D eigenvalue weighted by molar-refractivity contribution is 5.68. The molecule has 0 aromatic heterocycles. The van der Waals surface area contributed by atoms with E-state index >= 15 is 0 Å². The third kappa shape index (κ3) is 4.87. The largest absolute Gasteiger partial charge is 0.444 e. The highest BCUT2D eigenvalue weighted by atomic mass is 16.6. The Hall–Kier alpha value is -0.770. The number of amides is 1. The Morgan fingerprint density at radius 2 is 1.81 bits per heavy atom. The van der Waals surface area contributed by atoms with E-state index in [4.69, 9.17) is 4.74 Å². The fraction of sp³-hybridized carbons (Fsp3) is 0.941. The molecular weight excluding hydrogens is 264 g/mol. The Labute approximate surface area is 129 Å². The third-order valence-electron chi connectivity index (χ3n) is 4.85. The molecule has 2 saturated carbocycles. The van der Waals surface area contributed by atoms with E-state index in [2.05, 4.69) is 24.5 Å². The van der Waals surface area contributed by atoms with Crippen LogP contribution in [0.3, 0.4) is 0 Å². The van der Waals surface area contributed by atoms with Gasteiger partial charge in [0.05, 0.1) is 0 Å². The van der Waals surface area contributed by atoms with Gasteiger partial charge in [-0.05, 0) is 58.3 Å². The van der Waals surface area contributed by atoms with Gasteiger partial charge >= 0.3 is 6.09 Å². The molecule has 0 heterocycles. The Kier molecular flexibility index (Phi) is 4.86. The quantitative estimate of drug-likeness (QED) is 0.836. The first-order chi connectivity index (χ1) is 9.66. The number of alkyl carbamates (subject to hydrolysis) is 1. The van der Waals surface area contributed by atoms with Crippen LogP contribution in [-0.2, 0) is 4.74 Å². The molecule has 3 atom stereocenters. The van der Waals surface area contributed by atoms with Crippen LogP contribution >= 0.6 is 0 Å². The maximum atomic E-state index is 11.8. The van der Waals surface area contributed by atoms with Crippen LogP contribution in [0.1, 0.15) is 73.1 Å². The maximum absolute atomic E-state index is 11.8. The monoisotopic (exact) mass is 296 g/mol. The molecule has 4 nitrogen and oxygen atoms in total. The summed E-state index contributed by atoms with van der Waals surface area (Å²) in [6, 6.07) is 1.41. The summed E-state index contributed by atoms with van der Waals surface area (Å²) in [6.07, 6.45) is 6.86. The molecule has 0 aromatic rings. The summed E-state index contributed by atoms with van der Waals surface area (Å²) < 4.78 is 5.33. The Bertz CT molecular complexity index is 373. The number of hydrogen-bond acceptors (Lipinski definition) is 3. The van der Waals surface area contributed by atoms with Gasteiger partial charge in [-0.3, -0.25) is 0 Å². The number of carbonyl (C=O) groups is 1. The van der Waals surface area contributed by atoms with Crippen molar-refractivity contribution < 1.29 is 9.53 Å². The van der Waals surface area contributed by atoms with Gasteiger partial charge in [0.15, 0.2) is 0 Å². The molecule has 0 saturated heterocycles. The zero-order chi connectivity index (χ0) is 15.7. The summed E-state index contributed by atoms with van der Waals surface area (Å²) >= 11 is 0. The lowest BCUT2D eigenvalue weighted by Crippen LogP contribution is -2.44. The van der Waals surface area contributed by atoms with Gasteiger partial charge in [-0.15, -0.1) is 0 Å². The van der Waals surface area contributed by atoms with Gasteiger partial charge in [-0.2, -0.15) is 0 Å². The number of hydrogen-bond donors (Lipinski definition) is 2. The summed E-state index contributed by atoms with van der Waals surface area (Å²) in [4.78, 5) is 11.8. The molecule has 0 aliphatic heterocycles. The second kappa shape index (κ2) is 6.15. The predicted molar refractivity (Wildman–Crippen MR) is 85.4 cm³/mol. The molecule has 0 aromatic carbocycles. The smallest absolute Gasteiger partial charge is 0.407 e. The van der Waals surface area contributed by atoms with Gasteiger partial charge in [-0.1, -0.05) is 20.3 Å². The molecule has 2 fully saturated rings. The minimum Gasteiger partial charge on any atom is -0.444 e. The van der Waals surface area contributed by atoms with E-state index in [-0.39, 0.29) is 12.1 Å². The molecular formula is C17H32N2O2. The van der Waals surface area contributed by atoms with Crippen LogP contribution in [0, 0.1) is 5.41 Å². The number of ether oxygens (including phenoxy) is 1. The Balaban J connectivity index is 1.75. The van der Waals surface area contributed by atoms with Crippen LogP contribution in [-0.4, -0.2) is 29.8 Å². The van der Waals surface area contributed by atoms with Crippen LogP contribution in [0.15, 0.2) is 0 Å². The third-order valence-corrected chi connectivity index (χ3v) is 4.85. The van der Waals surface area contributed by atoms with E-state index < -0.39 is 5.60 Å². The summed E-state index contributed by atoms with van der Waals surface area (Å²) in [6.45, 7) is 10.4. The zero-order valence-corrected chi connectivity index (χ0v) is 14.3. The van der Waals surface area contributed by atoms with Crippen molar-refractivity contribution >= 4 is 6.09 Å². The summed E-state index contributed by atoms with van der Waals surface area (Å²) in [5.74, 6) is 0. The normalized spacial score (nSPS) is 32.1. The van der Waals surface area contributed by atoms with Crippen molar-refractivity contribution in [2.24, 2.45) is 5.41 Å². The predicted octanol–water partition coefficient (Wildman–Crippen LogP) is 3.60. The summed E-state index contributed by atoms with van der Waals surface area (Å²) in [5, 5.41) is 6.84. The van der Waals surface area contributed by atoms with Gasteiger partial charge in [0.25, 0.3) is 0 Å². The minimum atomic E-state index is -0.422. The fourth-order valence-electron chi connectivity index (χ4n) is 3.66. The molecule has 4 heteroatoms. The van der Waals surface area contributed by atoms with E-state index in [1.54, 1.807) is 0 Å². The summed E-state index contributed by atoms with van der Waals surface area (Å²) in [5.41, 5.74) is -0.00904. The van der Waals surface area contributed by atoms with Crippen molar-refractivity contribution in [2.75, 3.05) is 0 Å². The number of carbonyl (C=O) groups excluding carboxylic acids is 1. The first-order valence-electron chi connectivity index (χ1n) is 8.41. The molecule has 21 heavy (non-hydrogen) atoms. The Morgan fingerprint density at radius 1 is 1.14 bits per heavy atom. The van der Waals surface area contributed by atoms with Gasteiger partial charge in [0, 0.05) is 18.1 Å². The molecule has 0 bridgehead atoms. The van der Waals surface area contributed by atoms with E-state index in [0.29, 0.717) is 17.5 Å². The molecule has 2 aliphatic rings. The lowest BCUT2D eigenvalue weighted by molar-refractivity contribution is 0.0505. The molecule has 1 amide bonds. The van der Waals surface area contributed by atoms with Gasteiger partial charge in [0.1, 0.15) is 5.60 Å². The van der Waals surface area contributed by atoms with Crippen LogP contribution in [0.5, 0.6) is 0 Å². The topological polar surface area (TPSA) is 50.4 Å². The van der Waals surface area contributed by atoms with Crippen LogP contribution in [0.2, 0.25) is 0 Å². The van der Waals surface area contributed by atoms with Crippen molar-refractivity contribution in [1.29, 1.82) is 0 Å². The Morgan fingerprint density at radius 3 is 2.38 bits per heavy atom. The first-order valence-corrected chi connectivity index (χ1v) is 8.41. The van der Waals surface area contributed by atoms with Crippen LogP contribution < -0.4 is 10.6 Å².